The van der Waals surface area contributed by atoms with Crippen LogP contribution in [0.3, 0.4) is 0 Å². The Morgan fingerprint density at radius 1 is 1.32 bits per heavy atom. The van der Waals surface area contributed by atoms with Gasteiger partial charge in [0.2, 0.25) is 10.0 Å². The molecule has 1 aromatic carbocycles. The van der Waals surface area contributed by atoms with E-state index in [1.807, 2.05) is 0 Å². The molecule has 0 unspecified atom stereocenters. The van der Waals surface area contributed by atoms with Crippen LogP contribution in [0.15, 0.2) is 23.1 Å². The summed E-state index contributed by atoms with van der Waals surface area (Å²) in [6, 6.07) is 4.26. The lowest BCUT2D eigenvalue weighted by Crippen LogP contribution is -2.34. The third-order valence-corrected chi connectivity index (χ3v) is 5.22. The summed E-state index contributed by atoms with van der Waals surface area (Å²) in [5.74, 6) is 0. The summed E-state index contributed by atoms with van der Waals surface area (Å²) >= 11 is 11.7. The summed E-state index contributed by atoms with van der Waals surface area (Å²) in [6.07, 6.45) is -0.536. The molecule has 0 atom stereocenters. The van der Waals surface area contributed by atoms with Gasteiger partial charge in [-0.15, -0.1) is 0 Å². The highest BCUT2D eigenvalue weighted by Crippen LogP contribution is 2.27. The molecule has 1 aliphatic heterocycles. The number of benzene rings is 1. The molecule has 5 nitrogen and oxygen atoms in total. The Balaban J connectivity index is 2.20. The molecule has 19 heavy (non-hydrogen) atoms. The first kappa shape index (κ1) is 15.0. The van der Waals surface area contributed by atoms with Crippen molar-refractivity contribution < 1.29 is 17.9 Å². The molecule has 0 saturated carbocycles. The average molecular weight is 326 g/mol. The molecule has 1 fully saturated rings. The minimum absolute atomic E-state index is 0.0130. The van der Waals surface area contributed by atoms with Gasteiger partial charge in [0, 0.05) is 12.1 Å². The molecule has 0 spiro atoms. The summed E-state index contributed by atoms with van der Waals surface area (Å²) in [4.78, 5) is 0.0130. The van der Waals surface area contributed by atoms with Crippen LogP contribution in [0.5, 0.6) is 0 Å². The van der Waals surface area contributed by atoms with Gasteiger partial charge in [-0.05, 0) is 18.2 Å². The predicted octanol–water partition coefficient (Wildman–Crippen LogP) is 1.99. The smallest absolute Gasteiger partial charge is 0.244 e. The Labute approximate surface area is 122 Å². The van der Waals surface area contributed by atoms with E-state index in [4.69, 9.17) is 32.7 Å². The topological polar surface area (TPSA) is 55.8 Å². The van der Waals surface area contributed by atoms with E-state index in [9.17, 15) is 8.42 Å². The first-order valence-electron chi connectivity index (χ1n) is 5.56. The molecule has 8 heteroatoms. The monoisotopic (exact) mass is 325 g/mol. The lowest BCUT2D eigenvalue weighted by Gasteiger charge is -2.20. The van der Waals surface area contributed by atoms with Gasteiger partial charge in [0.15, 0.2) is 6.29 Å². The van der Waals surface area contributed by atoms with Gasteiger partial charge in [0.05, 0.1) is 24.8 Å². The standard InChI is InChI=1S/C11H13Cl2NO4S/c1-14(7-11-17-4-5-18-11)19(15,16)10-3-2-8(12)6-9(10)13/h2-3,6,11H,4-5,7H2,1H3. The van der Waals surface area contributed by atoms with Crippen molar-refractivity contribution in [2.45, 2.75) is 11.2 Å². The molecule has 1 aromatic rings. The van der Waals surface area contributed by atoms with Crippen LogP contribution in [0, 0.1) is 0 Å². The van der Waals surface area contributed by atoms with Gasteiger partial charge in [-0.2, -0.15) is 4.31 Å². The predicted molar refractivity (Wildman–Crippen MR) is 72.0 cm³/mol. The normalized spacial score (nSPS) is 17.3. The Hall–Kier alpha value is -0.370. The van der Waals surface area contributed by atoms with Crippen molar-refractivity contribution in [2.24, 2.45) is 0 Å². The summed E-state index contributed by atoms with van der Waals surface area (Å²) in [7, 11) is -2.24. The van der Waals surface area contributed by atoms with E-state index in [0.29, 0.717) is 18.2 Å². The van der Waals surface area contributed by atoms with Gasteiger partial charge in [0.1, 0.15) is 4.90 Å². The fraction of sp³-hybridized carbons (Fsp3) is 0.455. The zero-order chi connectivity index (χ0) is 14.0. The van der Waals surface area contributed by atoms with Gasteiger partial charge in [-0.25, -0.2) is 8.42 Å². The van der Waals surface area contributed by atoms with Crippen LogP contribution in [-0.4, -0.2) is 45.8 Å². The molecule has 0 aromatic heterocycles. The third kappa shape index (κ3) is 3.39. The molecule has 1 heterocycles. The fourth-order valence-corrected chi connectivity index (χ4v) is 3.57. The summed E-state index contributed by atoms with van der Waals surface area (Å²) in [5.41, 5.74) is 0. The maximum atomic E-state index is 12.3. The highest BCUT2D eigenvalue weighted by atomic mass is 35.5. The average Bonchev–Trinajstić information content (AvgIpc) is 2.81. The van der Waals surface area contributed by atoms with Crippen LogP contribution in [0.4, 0.5) is 0 Å². The number of nitrogens with zero attached hydrogens (tertiary/aromatic N) is 1. The molecule has 1 saturated heterocycles. The molecule has 1 aliphatic rings. The second kappa shape index (κ2) is 5.95. The summed E-state index contributed by atoms with van der Waals surface area (Å²) in [6.45, 7) is 1.06. The molecular formula is C11H13Cl2NO4S. The summed E-state index contributed by atoms with van der Waals surface area (Å²) < 4.78 is 36.3. The van der Waals surface area contributed by atoms with Crippen LogP contribution in [0.25, 0.3) is 0 Å². The van der Waals surface area contributed by atoms with Crippen LogP contribution >= 0.6 is 23.2 Å². The van der Waals surface area contributed by atoms with Crippen molar-refractivity contribution in [1.29, 1.82) is 0 Å². The van der Waals surface area contributed by atoms with Crippen molar-refractivity contribution in [1.82, 2.24) is 4.31 Å². The molecule has 106 valence electrons. The van der Waals surface area contributed by atoms with E-state index in [0.717, 1.165) is 4.31 Å². The van der Waals surface area contributed by atoms with E-state index in [1.165, 1.54) is 25.2 Å². The van der Waals surface area contributed by atoms with Gasteiger partial charge in [-0.3, -0.25) is 0 Å². The SMILES string of the molecule is CN(CC1OCCO1)S(=O)(=O)c1ccc(Cl)cc1Cl. The Morgan fingerprint density at radius 2 is 1.95 bits per heavy atom. The van der Waals surface area contributed by atoms with E-state index in [1.54, 1.807) is 0 Å². The maximum absolute atomic E-state index is 12.3. The molecule has 0 aliphatic carbocycles. The lowest BCUT2D eigenvalue weighted by molar-refractivity contribution is -0.0482. The molecular weight excluding hydrogens is 313 g/mol. The number of hydrogen-bond acceptors (Lipinski definition) is 4. The van der Waals surface area contributed by atoms with Gasteiger partial charge in [-0.1, -0.05) is 23.2 Å². The Bertz CT molecular complexity index is 558. The quantitative estimate of drug-likeness (QED) is 0.849. The van der Waals surface area contributed by atoms with E-state index in [-0.39, 0.29) is 16.5 Å². The van der Waals surface area contributed by atoms with Crippen molar-refractivity contribution in [3.8, 4) is 0 Å². The van der Waals surface area contributed by atoms with Gasteiger partial charge >= 0.3 is 0 Å². The number of ether oxygens (including phenoxy) is 2. The minimum atomic E-state index is -3.69. The first-order valence-corrected chi connectivity index (χ1v) is 7.75. The number of rotatable bonds is 4. The van der Waals surface area contributed by atoms with E-state index < -0.39 is 16.3 Å². The van der Waals surface area contributed by atoms with Crippen LogP contribution in [-0.2, 0) is 19.5 Å². The highest BCUT2D eigenvalue weighted by Gasteiger charge is 2.28. The molecule has 0 bridgehead atoms. The maximum Gasteiger partial charge on any atom is 0.244 e. The zero-order valence-corrected chi connectivity index (χ0v) is 12.5. The second-order valence-corrected chi connectivity index (χ2v) is 6.89. The highest BCUT2D eigenvalue weighted by molar-refractivity contribution is 7.89. The van der Waals surface area contributed by atoms with Gasteiger partial charge < -0.3 is 9.47 Å². The number of hydrogen-bond donors (Lipinski definition) is 0. The number of likely N-dealkylation sites (N-methyl/N-ethyl adjacent to an activating group) is 1. The first-order chi connectivity index (χ1) is 8.91. The Kier molecular flexibility index (Phi) is 4.70. The van der Waals surface area contributed by atoms with Crippen molar-refractivity contribution in [3.63, 3.8) is 0 Å². The van der Waals surface area contributed by atoms with Crippen LogP contribution in [0.1, 0.15) is 0 Å². The third-order valence-electron chi connectivity index (χ3n) is 2.68. The number of sulfonamides is 1. The lowest BCUT2D eigenvalue weighted by atomic mass is 10.4. The number of halogens is 2. The fourth-order valence-electron chi connectivity index (χ4n) is 1.67. The molecule has 2 rings (SSSR count). The van der Waals surface area contributed by atoms with E-state index >= 15 is 0 Å². The largest absolute Gasteiger partial charge is 0.349 e. The molecule has 0 N–H and O–H groups in total. The van der Waals surface area contributed by atoms with E-state index in [2.05, 4.69) is 0 Å². The van der Waals surface area contributed by atoms with Gasteiger partial charge in [0.25, 0.3) is 0 Å². The Morgan fingerprint density at radius 3 is 2.53 bits per heavy atom. The van der Waals surface area contributed by atoms with Crippen LogP contribution in [0.2, 0.25) is 10.0 Å². The zero-order valence-electron chi connectivity index (χ0n) is 10.2. The van der Waals surface area contributed by atoms with Crippen molar-refractivity contribution in [3.05, 3.63) is 28.2 Å². The molecule has 0 amide bonds. The molecule has 0 radical (unpaired) electrons. The summed E-state index contributed by atoms with van der Waals surface area (Å²) in [5, 5.41) is 0.474. The second-order valence-electron chi connectivity index (χ2n) is 4.03. The van der Waals surface area contributed by atoms with Crippen LogP contribution < -0.4 is 0 Å². The van der Waals surface area contributed by atoms with Crippen molar-refractivity contribution >= 4 is 33.2 Å². The van der Waals surface area contributed by atoms with Crippen molar-refractivity contribution in [2.75, 3.05) is 26.8 Å². The minimum Gasteiger partial charge on any atom is -0.349 e.